The van der Waals surface area contributed by atoms with Crippen LogP contribution in [0.5, 0.6) is 0 Å². The van der Waals surface area contributed by atoms with Crippen LogP contribution < -0.4 is 5.32 Å². The van der Waals surface area contributed by atoms with E-state index in [-0.39, 0.29) is 11.9 Å². The van der Waals surface area contributed by atoms with Gasteiger partial charge in [-0.2, -0.15) is 0 Å². The molecule has 0 aromatic heterocycles. The van der Waals surface area contributed by atoms with Crippen molar-refractivity contribution in [2.45, 2.75) is 39.2 Å². The largest absolute Gasteiger partial charge is 0.310 e. The molecule has 0 bridgehead atoms. The van der Waals surface area contributed by atoms with E-state index in [1.54, 1.807) is 0 Å². The monoisotopic (exact) mass is 311 g/mol. The third-order valence-electron chi connectivity index (χ3n) is 2.72. The Balaban J connectivity index is 2.78. The second-order valence-electron chi connectivity index (χ2n) is 4.15. The molecule has 98 valence electrons. The average Bonchev–Trinajstić information content (AvgIpc) is 2.37. The minimum atomic E-state index is -0.221. The van der Waals surface area contributed by atoms with Gasteiger partial charge < -0.3 is 5.32 Å². The Labute approximate surface area is 117 Å². The molecule has 1 aromatic carbocycles. The molecule has 0 radical (unpaired) electrons. The first-order valence-corrected chi connectivity index (χ1v) is 7.06. The lowest BCUT2D eigenvalue weighted by molar-refractivity contribution is 0.504. The van der Waals surface area contributed by atoms with Gasteiger partial charge in [0, 0.05) is 12.5 Å². The van der Waals surface area contributed by atoms with E-state index < -0.39 is 0 Å². The summed E-state index contributed by atoms with van der Waals surface area (Å²) in [6.07, 6.45) is 2.88. The third-order valence-corrected chi connectivity index (χ3v) is 3.33. The normalized spacial score (nSPS) is 11.8. The molecule has 0 saturated heterocycles. The van der Waals surface area contributed by atoms with Crippen LogP contribution in [-0.2, 0) is 0 Å². The maximum absolute atomic E-state index is 13.2. The second-order valence-corrected chi connectivity index (χ2v) is 5.00. The molecule has 1 rings (SSSR count). The van der Waals surface area contributed by atoms with Crippen LogP contribution in [0.25, 0.3) is 0 Å². The van der Waals surface area contributed by atoms with E-state index in [4.69, 9.17) is 0 Å². The summed E-state index contributed by atoms with van der Waals surface area (Å²) in [7, 11) is 0. The van der Waals surface area contributed by atoms with Gasteiger partial charge in [-0.3, -0.25) is 0 Å². The highest BCUT2D eigenvalue weighted by atomic mass is 79.9. The van der Waals surface area contributed by atoms with E-state index in [1.807, 2.05) is 19.1 Å². The molecular weight excluding hydrogens is 293 g/mol. The van der Waals surface area contributed by atoms with Gasteiger partial charge >= 0.3 is 0 Å². The predicted octanol–water partition coefficient (Wildman–Crippen LogP) is 4.43. The lowest BCUT2D eigenvalue weighted by atomic mass is 10.0. The van der Waals surface area contributed by atoms with Crippen molar-refractivity contribution < 1.29 is 4.39 Å². The summed E-state index contributed by atoms with van der Waals surface area (Å²) in [6.45, 7) is 4.94. The zero-order valence-electron chi connectivity index (χ0n) is 10.9. The molecule has 0 fully saturated rings. The SMILES string of the molecule is CC#CCCC(NCCC)c1ccc(F)c(Br)c1. The molecule has 0 spiro atoms. The lowest BCUT2D eigenvalue weighted by Crippen LogP contribution is -2.22. The van der Waals surface area contributed by atoms with Crippen LogP contribution in [0.2, 0.25) is 0 Å². The van der Waals surface area contributed by atoms with Gasteiger partial charge in [0.1, 0.15) is 5.82 Å². The quantitative estimate of drug-likeness (QED) is 0.766. The summed E-state index contributed by atoms with van der Waals surface area (Å²) in [5.74, 6) is 5.76. The van der Waals surface area contributed by atoms with Crippen LogP contribution in [0.4, 0.5) is 4.39 Å². The highest BCUT2D eigenvalue weighted by Gasteiger charge is 2.11. The van der Waals surface area contributed by atoms with E-state index in [9.17, 15) is 4.39 Å². The minimum Gasteiger partial charge on any atom is -0.310 e. The number of hydrogen-bond donors (Lipinski definition) is 1. The van der Waals surface area contributed by atoms with Gasteiger partial charge in [-0.1, -0.05) is 13.0 Å². The Kier molecular flexibility index (Phi) is 7.00. The molecule has 0 aliphatic carbocycles. The van der Waals surface area contributed by atoms with Crippen LogP contribution in [0.1, 0.15) is 44.7 Å². The van der Waals surface area contributed by atoms with Crippen LogP contribution in [0, 0.1) is 17.7 Å². The summed E-state index contributed by atoms with van der Waals surface area (Å²) in [5, 5.41) is 3.48. The topological polar surface area (TPSA) is 12.0 Å². The molecule has 1 unspecified atom stereocenters. The summed E-state index contributed by atoms with van der Waals surface area (Å²) < 4.78 is 13.7. The van der Waals surface area contributed by atoms with Crippen molar-refractivity contribution in [3.63, 3.8) is 0 Å². The molecule has 0 aliphatic rings. The van der Waals surface area contributed by atoms with Crippen molar-refractivity contribution in [3.05, 3.63) is 34.1 Å². The van der Waals surface area contributed by atoms with Gasteiger partial charge in [0.2, 0.25) is 0 Å². The average molecular weight is 312 g/mol. The molecule has 1 nitrogen and oxygen atoms in total. The molecule has 0 amide bonds. The van der Waals surface area contributed by atoms with Crippen molar-refractivity contribution in [1.82, 2.24) is 5.32 Å². The molecule has 1 atom stereocenters. The van der Waals surface area contributed by atoms with E-state index >= 15 is 0 Å². The summed E-state index contributed by atoms with van der Waals surface area (Å²) in [6, 6.07) is 5.43. The second kappa shape index (κ2) is 8.29. The number of hydrogen-bond acceptors (Lipinski definition) is 1. The Bertz CT molecular complexity index is 434. The number of rotatable bonds is 6. The Morgan fingerprint density at radius 2 is 2.22 bits per heavy atom. The van der Waals surface area contributed by atoms with Gasteiger partial charge in [-0.15, -0.1) is 11.8 Å². The zero-order valence-corrected chi connectivity index (χ0v) is 12.5. The molecular formula is C15H19BrFN. The van der Waals surface area contributed by atoms with Crippen LogP contribution in [-0.4, -0.2) is 6.54 Å². The Morgan fingerprint density at radius 1 is 1.44 bits per heavy atom. The molecule has 0 heterocycles. The fraction of sp³-hybridized carbons (Fsp3) is 0.467. The highest BCUT2D eigenvalue weighted by molar-refractivity contribution is 9.10. The van der Waals surface area contributed by atoms with E-state index in [1.165, 1.54) is 6.07 Å². The maximum Gasteiger partial charge on any atom is 0.137 e. The lowest BCUT2D eigenvalue weighted by Gasteiger charge is -2.18. The van der Waals surface area contributed by atoms with E-state index in [0.29, 0.717) is 4.47 Å². The highest BCUT2D eigenvalue weighted by Crippen LogP contribution is 2.24. The van der Waals surface area contributed by atoms with E-state index in [0.717, 1.165) is 31.4 Å². The smallest absolute Gasteiger partial charge is 0.137 e. The van der Waals surface area contributed by atoms with E-state index in [2.05, 4.69) is 40.0 Å². The van der Waals surface area contributed by atoms with Crippen molar-refractivity contribution in [2.24, 2.45) is 0 Å². The first-order valence-electron chi connectivity index (χ1n) is 6.27. The molecule has 0 aliphatic heterocycles. The number of benzene rings is 1. The molecule has 0 saturated carbocycles. The number of nitrogens with one attached hydrogen (secondary N) is 1. The summed E-state index contributed by atoms with van der Waals surface area (Å²) in [5.41, 5.74) is 1.11. The Hall–Kier alpha value is -0.850. The van der Waals surface area contributed by atoms with Crippen LogP contribution in [0.3, 0.4) is 0 Å². The van der Waals surface area contributed by atoms with Crippen molar-refractivity contribution in [3.8, 4) is 11.8 Å². The maximum atomic E-state index is 13.2. The van der Waals surface area contributed by atoms with Crippen molar-refractivity contribution in [2.75, 3.05) is 6.54 Å². The third kappa shape index (κ3) is 4.80. The first kappa shape index (κ1) is 15.2. The summed E-state index contributed by atoms with van der Waals surface area (Å²) in [4.78, 5) is 0. The van der Waals surface area contributed by atoms with Gasteiger partial charge in [0.05, 0.1) is 4.47 Å². The predicted molar refractivity (Wildman–Crippen MR) is 77.8 cm³/mol. The zero-order chi connectivity index (χ0) is 13.4. The first-order chi connectivity index (χ1) is 8.69. The fourth-order valence-corrected chi connectivity index (χ4v) is 2.17. The molecule has 3 heteroatoms. The minimum absolute atomic E-state index is 0.221. The molecule has 1 aromatic rings. The van der Waals surface area contributed by atoms with Gasteiger partial charge in [0.15, 0.2) is 0 Å². The van der Waals surface area contributed by atoms with Gasteiger partial charge in [-0.25, -0.2) is 4.39 Å². The van der Waals surface area contributed by atoms with Crippen LogP contribution in [0.15, 0.2) is 22.7 Å². The summed E-state index contributed by atoms with van der Waals surface area (Å²) >= 11 is 3.23. The van der Waals surface area contributed by atoms with Gasteiger partial charge in [0.25, 0.3) is 0 Å². The van der Waals surface area contributed by atoms with Gasteiger partial charge in [-0.05, 0) is 59.9 Å². The number of halogens is 2. The fourth-order valence-electron chi connectivity index (χ4n) is 1.78. The molecule has 18 heavy (non-hydrogen) atoms. The standard InChI is InChI=1S/C15H19BrFN/c1-3-5-6-7-15(18-10-4-2)12-8-9-14(17)13(16)11-12/h8-9,11,15,18H,4,6-7,10H2,1-2H3. The van der Waals surface area contributed by atoms with Crippen LogP contribution >= 0.6 is 15.9 Å². The molecule has 1 N–H and O–H groups in total. The van der Waals surface area contributed by atoms with Crippen molar-refractivity contribution in [1.29, 1.82) is 0 Å². The Morgan fingerprint density at radius 3 is 2.83 bits per heavy atom. The van der Waals surface area contributed by atoms with Crippen molar-refractivity contribution >= 4 is 15.9 Å².